The first-order valence-electron chi connectivity index (χ1n) is 11.6. The molecule has 0 aromatic heterocycles. The SMILES string of the molecule is CC(=O)OCSCC(COCc1ccccc1)(COCc1ccccc1)Cc1ccc(C=O)cc1. The summed E-state index contributed by atoms with van der Waals surface area (Å²) in [5, 5.41) is 0. The van der Waals surface area contributed by atoms with Crippen LogP contribution in [0.25, 0.3) is 0 Å². The van der Waals surface area contributed by atoms with Gasteiger partial charge in [0.25, 0.3) is 0 Å². The predicted molar refractivity (Wildman–Crippen MR) is 139 cm³/mol. The molecule has 0 saturated carbocycles. The van der Waals surface area contributed by atoms with E-state index in [9.17, 15) is 9.59 Å². The van der Waals surface area contributed by atoms with Gasteiger partial charge < -0.3 is 14.2 Å². The van der Waals surface area contributed by atoms with Crippen molar-refractivity contribution in [1.82, 2.24) is 0 Å². The van der Waals surface area contributed by atoms with Crippen molar-refractivity contribution in [2.24, 2.45) is 5.41 Å². The van der Waals surface area contributed by atoms with E-state index in [-0.39, 0.29) is 17.3 Å². The zero-order chi connectivity index (χ0) is 24.8. The van der Waals surface area contributed by atoms with Gasteiger partial charge in [0, 0.05) is 23.7 Å². The summed E-state index contributed by atoms with van der Waals surface area (Å²) < 4.78 is 17.6. The number of ether oxygens (including phenoxy) is 3. The van der Waals surface area contributed by atoms with Gasteiger partial charge in [-0.3, -0.25) is 9.59 Å². The van der Waals surface area contributed by atoms with E-state index in [0.717, 1.165) is 23.0 Å². The van der Waals surface area contributed by atoms with Gasteiger partial charge in [-0.2, -0.15) is 0 Å². The average molecular weight is 493 g/mol. The predicted octanol–water partition coefficient (Wildman–Crippen LogP) is 5.72. The monoisotopic (exact) mass is 492 g/mol. The maximum absolute atomic E-state index is 11.3. The number of carbonyl (C=O) groups is 2. The summed E-state index contributed by atoms with van der Waals surface area (Å²) in [4.78, 5) is 22.4. The molecule has 0 unspecified atom stereocenters. The van der Waals surface area contributed by atoms with Crippen LogP contribution in [-0.2, 0) is 38.6 Å². The van der Waals surface area contributed by atoms with Crippen LogP contribution in [0.4, 0.5) is 0 Å². The summed E-state index contributed by atoms with van der Waals surface area (Å²) in [5.74, 6) is 0.658. The molecule has 0 aliphatic rings. The van der Waals surface area contributed by atoms with Gasteiger partial charge in [0.15, 0.2) is 0 Å². The summed E-state index contributed by atoms with van der Waals surface area (Å²) in [6.07, 6.45) is 1.54. The van der Waals surface area contributed by atoms with Crippen molar-refractivity contribution in [2.75, 3.05) is 24.9 Å². The van der Waals surface area contributed by atoms with Crippen LogP contribution < -0.4 is 0 Å². The molecule has 5 nitrogen and oxygen atoms in total. The van der Waals surface area contributed by atoms with E-state index in [2.05, 4.69) is 0 Å². The van der Waals surface area contributed by atoms with E-state index in [4.69, 9.17) is 14.2 Å². The average Bonchev–Trinajstić information content (AvgIpc) is 2.88. The third kappa shape index (κ3) is 9.68. The highest BCUT2D eigenvalue weighted by Crippen LogP contribution is 2.30. The smallest absolute Gasteiger partial charge is 0.303 e. The van der Waals surface area contributed by atoms with Gasteiger partial charge in [0.05, 0.1) is 26.4 Å². The fourth-order valence-corrected chi connectivity index (χ4v) is 4.76. The molecule has 3 aromatic carbocycles. The molecule has 0 atom stereocenters. The number of rotatable bonds is 15. The second-order valence-corrected chi connectivity index (χ2v) is 9.53. The Labute approximate surface area is 211 Å². The van der Waals surface area contributed by atoms with Gasteiger partial charge in [-0.05, 0) is 23.1 Å². The van der Waals surface area contributed by atoms with E-state index in [1.54, 1.807) is 11.8 Å². The first kappa shape index (κ1) is 26.7. The topological polar surface area (TPSA) is 61.8 Å². The Balaban J connectivity index is 1.76. The normalized spacial score (nSPS) is 11.2. The molecule has 0 aliphatic carbocycles. The molecule has 6 heteroatoms. The Hall–Kier alpha value is -2.93. The number of aldehydes is 1. The van der Waals surface area contributed by atoms with Crippen molar-refractivity contribution in [3.8, 4) is 0 Å². The van der Waals surface area contributed by atoms with Crippen LogP contribution in [0.2, 0.25) is 0 Å². The highest BCUT2D eigenvalue weighted by molar-refractivity contribution is 7.99. The minimum Gasteiger partial charge on any atom is -0.455 e. The Morgan fingerprint density at radius 3 is 1.83 bits per heavy atom. The number of thioether (sulfide) groups is 1. The second-order valence-electron chi connectivity index (χ2n) is 8.60. The highest BCUT2D eigenvalue weighted by atomic mass is 32.2. The summed E-state index contributed by atoms with van der Waals surface area (Å²) in [6.45, 7) is 3.35. The second kappa shape index (κ2) is 14.5. The number of esters is 1. The third-order valence-corrected chi connectivity index (χ3v) is 6.59. The van der Waals surface area contributed by atoms with Gasteiger partial charge in [0.2, 0.25) is 0 Å². The minimum atomic E-state index is -0.364. The lowest BCUT2D eigenvalue weighted by atomic mass is 9.84. The van der Waals surface area contributed by atoms with Crippen LogP contribution >= 0.6 is 11.8 Å². The van der Waals surface area contributed by atoms with E-state index in [1.807, 2.05) is 84.9 Å². The quantitative estimate of drug-likeness (QED) is 0.117. The summed E-state index contributed by atoms with van der Waals surface area (Å²) >= 11 is 1.55. The van der Waals surface area contributed by atoms with Gasteiger partial charge >= 0.3 is 5.97 Å². The largest absolute Gasteiger partial charge is 0.455 e. The van der Waals surface area contributed by atoms with Crippen molar-refractivity contribution in [1.29, 1.82) is 0 Å². The molecule has 35 heavy (non-hydrogen) atoms. The van der Waals surface area contributed by atoms with Crippen molar-refractivity contribution in [3.05, 3.63) is 107 Å². The first-order valence-corrected chi connectivity index (χ1v) is 12.7. The summed E-state index contributed by atoms with van der Waals surface area (Å²) in [7, 11) is 0. The molecule has 0 saturated heterocycles. The molecule has 0 bridgehead atoms. The molecular formula is C29H32O5S. The lowest BCUT2D eigenvalue weighted by molar-refractivity contribution is -0.138. The molecule has 0 N–H and O–H groups in total. The third-order valence-electron chi connectivity index (χ3n) is 5.49. The maximum atomic E-state index is 11.3. The van der Waals surface area contributed by atoms with Gasteiger partial charge in [0.1, 0.15) is 12.2 Å². The standard InChI is InChI=1S/C29H32O5S/c1-24(31)34-23-35-22-29(16-25-12-14-26(17-30)15-13-25,20-32-18-27-8-4-2-5-9-27)21-33-19-28-10-6-3-7-11-28/h2-15,17H,16,18-23H2,1H3. The van der Waals surface area contributed by atoms with E-state index in [0.29, 0.717) is 44.2 Å². The molecule has 0 spiro atoms. The molecule has 0 fully saturated rings. The molecule has 0 amide bonds. The van der Waals surface area contributed by atoms with Crippen LogP contribution in [0.5, 0.6) is 0 Å². The zero-order valence-corrected chi connectivity index (χ0v) is 20.9. The van der Waals surface area contributed by atoms with Crippen molar-refractivity contribution < 1.29 is 23.8 Å². The fraction of sp³-hybridized carbons (Fsp3) is 0.310. The molecular weight excluding hydrogens is 460 g/mol. The van der Waals surface area contributed by atoms with Crippen molar-refractivity contribution in [3.63, 3.8) is 0 Å². The Bertz CT molecular complexity index is 976. The van der Waals surface area contributed by atoms with Gasteiger partial charge in [-0.25, -0.2) is 0 Å². The minimum absolute atomic E-state index is 0.276. The molecule has 184 valence electrons. The van der Waals surface area contributed by atoms with Crippen LogP contribution in [0.1, 0.15) is 34.0 Å². The van der Waals surface area contributed by atoms with Crippen molar-refractivity contribution >= 4 is 24.0 Å². The Morgan fingerprint density at radius 1 is 0.800 bits per heavy atom. The van der Waals surface area contributed by atoms with Crippen LogP contribution in [0, 0.1) is 5.41 Å². The lowest BCUT2D eigenvalue weighted by Gasteiger charge is -2.33. The van der Waals surface area contributed by atoms with Crippen LogP contribution in [0.3, 0.4) is 0 Å². The molecule has 3 rings (SSSR count). The zero-order valence-electron chi connectivity index (χ0n) is 20.1. The molecule has 0 aliphatic heterocycles. The Kier molecular flexibility index (Phi) is 11.0. The summed E-state index contributed by atoms with van der Waals surface area (Å²) in [6, 6.07) is 27.7. The van der Waals surface area contributed by atoms with E-state index >= 15 is 0 Å². The lowest BCUT2D eigenvalue weighted by Crippen LogP contribution is -2.37. The molecule has 0 radical (unpaired) electrons. The van der Waals surface area contributed by atoms with E-state index < -0.39 is 0 Å². The van der Waals surface area contributed by atoms with Gasteiger partial charge in [-0.15, -0.1) is 11.8 Å². The number of carbonyl (C=O) groups excluding carboxylic acids is 2. The first-order chi connectivity index (χ1) is 17.1. The number of benzene rings is 3. The van der Waals surface area contributed by atoms with Crippen LogP contribution in [-0.4, -0.2) is 37.2 Å². The van der Waals surface area contributed by atoms with Gasteiger partial charge in [-0.1, -0.05) is 84.9 Å². The Morgan fingerprint density at radius 2 is 1.34 bits per heavy atom. The highest BCUT2D eigenvalue weighted by Gasteiger charge is 2.32. The van der Waals surface area contributed by atoms with Crippen LogP contribution in [0.15, 0.2) is 84.9 Å². The molecule has 0 heterocycles. The van der Waals surface area contributed by atoms with E-state index in [1.165, 1.54) is 6.92 Å². The number of hydrogen-bond acceptors (Lipinski definition) is 6. The summed E-state index contributed by atoms with van der Waals surface area (Å²) in [5.41, 5.74) is 3.58. The fourth-order valence-electron chi connectivity index (χ4n) is 3.73. The van der Waals surface area contributed by atoms with Crippen molar-refractivity contribution in [2.45, 2.75) is 26.6 Å². The number of hydrogen-bond donors (Lipinski definition) is 0. The maximum Gasteiger partial charge on any atom is 0.303 e. The molecule has 3 aromatic rings.